The van der Waals surface area contributed by atoms with Crippen LogP contribution in [0.3, 0.4) is 0 Å². The monoisotopic (exact) mass is 250 g/mol. The summed E-state index contributed by atoms with van der Waals surface area (Å²) in [6.45, 7) is 0.400. The number of hydrogen-bond donors (Lipinski definition) is 2. The topological polar surface area (TPSA) is 68.3 Å². The van der Waals surface area contributed by atoms with E-state index in [2.05, 4.69) is 5.32 Å². The minimum absolute atomic E-state index is 0.236. The van der Waals surface area contributed by atoms with Crippen LogP contribution in [0.1, 0.15) is 15.9 Å². The lowest BCUT2D eigenvalue weighted by Gasteiger charge is -2.06. The third-order valence-corrected chi connectivity index (χ3v) is 2.53. The third-order valence-electron chi connectivity index (χ3n) is 2.29. The van der Waals surface area contributed by atoms with Gasteiger partial charge in [0.25, 0.3) is 5.91 Å². The van der Waals surface area contributed by atoms with Gasteiger partial charge < -0.3 is 15.5 Å². The van der Waals surface area contributed by atoms with Crippen molar-refractivity contribution in [3.63, 3.8) is 0 Å². The second-order valence-electron chi connectivity index (χ2n) is 3.55. The molecule has 0 saturated carbocycles. The number of carbonyl (C=O) groups is 1. The number of nitrogens with one attached hydrogen (secondary N) is 1. The van der Waals surface area contributed by atoms with Crippen molar-refractivity contribution >= 4 is 23.2 Å². The number of anilines is 1. The Morgan fingerprint density at radius 2 is 2.24 bits per heavy atom. The van der Waals surface area contributed by atoms with E-state index in [-0.39, 0.29) is 5.91 Å². The molecule has 2 rings (SSSR count). The van der Waals surface area contributed by atoms with Gasteiger partial charge in [-0.1, -0.05) is 11.6 Å². The van der Waals surface area contributed by atoms with Crippen LogP contribution in [-0.2, 0) is 6.54 Å². The van der Waals surface area contributed by atoms with Gasteiger partial charge in [-0.25, -0.2) is 0 Å². The summed E-state index contributed by atoms with van der Waals surface area (Å²) in [6.07, 6.45) is 3.13. The second-order valence-corrected chi connectivity index (χ2v) is 3.98. The zero-order chi connectivity index (χ0) is 12.3. The molecule has 0 saturated heterocycles. The van der Waals surface area contributed by atoms with Crippen LogP contribution < -0.4 is 11.1 Å². The first-order chi connectivity index (χ1) is 8.16. The number of furan rings is 1. The van der Waals surface area contributed by atoms with Gasteiger partial charge >= 0.3 is 0 Å². The van der Waals surface area contributed by atoms with Crippen LogP contribution in [0, 0.1) is 0 Å². The summed E-state index contributed by atoms with van der Waals surface area (Å²) in [7, 11) is 0. The van der Waals surface area contributed by atoms with Crippen molar-refractivity contribution in [1.82, 2.24) is 5.32 Å². The normalized spacial score (nSPS) is 10.2. The fourth-order valence-corrected chi connectivity index (χ4v) is 1.59. The molecule has 0 atom stereocenters. The van der Waals surface area contributed by atoms with Crippen molar-refractivity contribution < 1.29 is 9.21 Å². The van der Waals surface area contributed by atoms with Crippen molar-refractivity contribution in [3.8, 4) is 0 Å². The van der Waals surface area contributed by atoms with Crippen molar-refractivity contribution in [2.45, 2.75) is 6.54 Å². The summed E-state index contributed by atoms with van der Waals surface area (Å²) in [4.78, 5) is 11.8. The summed E-state index contributed by atoms with van der Waals surface area (Å²) < 4.78 is 4.90. The first-order valence-electron chi connectivity index (χ1n) is 5.01. The van der Waals surface area contributed by atoms with Gasteiger partial charge in [-0.3, -0.25) is 4.79 Å². The maximum absolute atomic E-state index is 11.8. The molecule has 0 aliphatic rings. The molecule has 0 unspecified atom stereocenters. The van der Waals surface area contributed by atoms with E-state index in [1.165, 1.54) is 0 Å². The summed E-state index contributed by atoms with van der Waals surface area (Å²) in [5, 5.41) is 3.25. The summed E-state index contributed by atoms with van der Waals surface area (Å²) >= 11 is 5.76. The number of halogens is 1. The standard InChI is InChI=1S/C12H11ClN2O2/c13-9-1-2-10(11(14)5-9)12(16)15-6-8-3-4-17-7-8/h1-5,7H,6,14H2,(H,15,16). The summed E-state index contributed by atoms with van der Waals surface area (Å²) in [6, 6.07) is 6.56. The Morgan fingerprint density at radius 3 is 2.88 bits per heavy atom. The van der Waals surface area contributed by atoms with Gasteiger partial charge in [0.2, 0.25) is 0 Å². The number of rotatable bonds is 3. The van der Waals surface area contributed by atoms with Gasteiger partial charge in [0.1, 0.15) is 0 Å². The number of hydrogen-bond acceptors (Lipinski definition) is 3. The maximum atomic E-state index is 11.8. The Bertz CT molecular complexity index is 523. The molecule has 1 aromatic carbocycles. The molecule has 1 aromatic heterocycles. The van der Waals surface area contributed by atoms with Crippen LogP contribution in [0.2, 0.25) is 5.02 Å². The van der Waals surface area contributed by atoms with E-state index in [0.717, 1.165) is 5.56 Å². The highest BCUT2D eigenvalue weighted by Crippen LogP contribution is 2.17. The van der Waals surface area contributed by atoms with Crippen LogP contribution in [0.15, 0.2) is 41.2 Å². The van der Waals surface area contributed by atoms with Crippen molar-refractivity contribution in [2.75, 3.05) is 5.73 Å². The largest absolute Gasteiger partial charge is 0.472 e. The second kappa shape index (κ2) is 4.93. The van der Waals surface area contributed by atoms with Crippen LogP contribution in [0.5, 0.6) is 0 Å². The van der Waals surface area contributed by atoms with Gasteiger partial charge in [0.15, 0.2) is 0 Å². The van der Waals surface area contributed by atoms with E-state index in [0.29, 0.717) is 22.8 Å². The minimum atomic E-state index is -0.236. The minimum Gasteiger partial charge on any atom is -0.472 e. The van der Waals surface area contributed by atoms with E-state index < -0.39 is 0 Å². The highest BCUT2D eigenvalue weighted by atomic mass is 35.5. The van der Waals surface area contributed by atoms with E-state index in [1.54, 1.807) is 36.8 Å². The lowest BCUT2D eigenvalue weighted by Crippen LogP contribution is -2.23. The highest BCUT2D eigenvalue weighted by molar-refractivity contribution is 6.31. The molecule has 4 nitrogen and oxygen atoms in total. The van der Waals surface area contributed by atoms with Crippen molar-refractivity contribution in [1.29, 1.82) is 0 Å². The predicted octanol–water partition coefficient (Wildman–Crippen LogP) is 2.45. The van der Waals surface area contributed by atoms with Gasteiger partial charge in [-0.05, 0) is 24.3 Å². The number of nitrogens with two attached hydrogens (primary N) is 1. The quantitative estimate of drug-likeness (QED) is 0.822. The predicted molar refractivity (Wildman–Crippen MR) is 65.7 cm³/mol. The molecule has 1 amide bonds. The van der Waals surface area contributed by atoms with E-state index >= 15 is 0 Å². The van der Waals surface area contributed by atoms with E-state index in [1.807, 2.05) is 0 Å². The Balaban J connectivity index is 2.04. The lowest BCUT2D eigenvalue weighted by atomic mass is 10.1. The van der Waals surface area contributed by atoms with Gasteiger partial charge in [-0.15, -0.1) is 0 Å². The molecule has 0 spiro atoms. The number of benzene rings is 1. The van der Waals surface area contributed by atoms with E-state index in [4.69, 9.17) is 21.8 Å². The molecule has 2 aromatic rings. The van der Waals surface area contributed by atoms with Crippen molar-refractivity contribution in [3.05, 3.63) is 52.9 Å². The first-order valence-corrected chi connectivity index (χ1v) is 5.39. The SMILES string of the molecule is Nc1cc(Cl)ccc1C(=O)NCc1ccoc1. The molecule has 0 aliphatic heterocycles. The Labute approximate surface area is 103 Å². The smallest absolute Gasteiger partial charge is 0.253 e. The average molecular weight is 251 g/mol. The van der Waals surface area contributed by atoms with Gasteiger partial charge in [-0.2, -0.15) is 0 Å². The number of nitrogen functional groups attached to an aromatic ring is 1. The lowest BCUT2D eigenvalue weighted by molar-refractivity contribution is 0.0952. The summed E-state index contributed by atoms with van der Waals surface area (Å²) in [5.41, 5.74) is 7.38. The Kier molecular flexibility index (Phi) is 3.35. The molecule has 0 radical (unpaired) electrons. The molecular formula is C12H11ClN2O2. The fourth-order valence-electron chi connectivity index (χ4n) is 1.41. The maximum Gasteiger partial charge on any atom is 0.253 e. The van der Waals surface area contributed by atoms with Crippen molar-refractivity contribution in [2.24, 2.45) is 0 Å². The average Bonchev–Trinajstić information content (AvgIpc) is 2.78. The molecule has 0 bridgehead atoms. The Morgan fingerprint density at radius 1 is 1.41 bits per heavy atom. The molecular weight excluding hydrogens is 240 g/mol. The van der Waals surface area contributed by atoms with Gasteiger partial charge in [0.05, 0.1) is 18.1 Å². The number of carbonyl (C=O) groups excluding carboxylic acids is 1. The van der Waals surface area contributed by atoms with Crippen LogP contribution >= 0.6 is 11.6 Å². The molecule has 0 aliphatic carbocycles. The van der Waals surface area contributed by atoms with Crippen LogP contribution in [0.4, 0.5) is 5.69 Å². The third kappa shape index (κ3) is 2.79. The molecule has 17 heavy (non-hydrogen) atoms. The molecule has 0 fully saturated rings. The molecule has 88 valence electrons. The highest BCUT2D eigenvalue weighted by Gasteiger charge is 2.09. The molecule has 1 heterocycles. The molecule has 5 heteroatoms. The molecule has 3 N–H and O–H groups in total. The first kappa shape index (κ1) is 11.5. The van der Waals surface area contributed by atoms with Crippen LogP contribution in [0.25, 0.3) is 0 Å². The van der Waals surface area contributed by atoms with Gasteiger partial charge in [0, 0.05) is 22.8 Å². The fraction of sp³-hybridized carbons (Fsp3) is 0.0833. The Hall–Kier alpha value is -1.94. The van der Waals surface area contributed by atoms with Crippen LogP contribution in [-0.4, -0.2) is 5.91 Å². The van der Waals surface area contributed by atoms with E-state index in [9.17, 15) is 4.79 Å². The summed E-state index contributed by atoms with van der Waals surface area (Å²) in [5.74, 6) is -0.236. The zero-order valence-corrected chi connectivity index (χ0v) is 9.70. The number of amides is 1. The zero-order valence-electron chi connectivity index (χ0n) is 8.94.